The average Bonchev–Trinajstić information content (AvgIpc) is 2.30. The number of hydrogen-bond donors (Lipinski definition) is 1. The van der Waals surface area contributed by atoms with Gasteiger partial charge >= 0.3 is 5.97 Å². The van der Waals surface area contributed by atoms with Gasteiger partial charge in [0.05, 0.1) is 18.6 Å². The topological polar surface area (TPSA) is 63.6 Å². The summed E-state index contributed by atoms with van der Waals surface area (Å²) in [4.78, 5) is 22.0. The maximum absolute atomic E-state index is 11.4. The van der Waals surface area contributed by atoms with E-state index < -0.39 is 5.92 Å². The van der Waals surface area contributed by atoms with Gasteiger partial charge in [-0.3, -0.25) is 9.59 Å². The number of carbonyl (C=O) groups is 2. The molecule has 0 saturated heterocycles. The van der Waals surface area contributed by atoms with Crippen LogP contribution in [0.3, 0.4) is 0 Å². The van der Waals surface area contributed by atoms with Crippen LogP contribution in [0.5, 0.6) is 5.75 Å². The van der Waals surface area contributed by atoms with E-state index in [4.69, 9.17) is 0 Å². The number of phenols is 1. The number of carbonyl (C=O) groups excluding carboxylic acids is 2. The first-order valence-corrected chi connectivity index (χ1v) is 5.00. The van der Waals surface area contributed by atoms with Gasteiger partial charge in [0, 0.05) is 0 Å². The van der Waals surface area contributed by atoms with Gasteiger partial charge in [-0.1, -0.05) is 13.0 Å². The van der Waals surface area contributed by atoms with Crippen LogP contribution in [0.1, 0.15) is 35.2 Å². The fraction of sp³-hybridized carbons (Fsp3) is 0.333. The van der Waals surface area contributed by atoms with Crippen molar-refractivity contribution in [2.75, 3.05) is 7.11 Å². The number of hydrogen-bond acceptors (Lipinski definition) is 4. The number of rotatable bonds is 4. The van der Waals surface area contributed by atoms with Crippen LogP contribution in [0.2, 0.25) is 0 Å². The molecule has 4 nitrogen and oxygen atoms in total. The van der Waals surface area contributed by atoms with Crippen molar-refractivity contribution in [1.82, 2.24) is 0 Å². The number of phenolic OH excluding ortho intramolecular Hbond substituents is 1. The zero-order chi connectivity index (χ0) is 12.1. The molecule has 86 valence electrons. The van der Waals surface area contributed by atoms with E-state index in [2.05, 4.69) is 4.74 Å². The summed E-state index contributed by atoms with van der Waals surface area (Å²) in [5.74, 6) is -0.868. The summed E-state index contributed by atoms with van der Waals surface area (Å²) in [6, 6.07) is 4.56. The lowest BCUT2D eigenvalue weighted by Gasteiger charge is -2.13. The first-order chi connectivity index (χ1) is 7.63. The Bertz CT molecular complexity index is 398. The summed E-state index contributed by atoms with van der Waals surface area (Å²) < 4.78 is 4.66. The van der Waals surface area contributed by atoms with E-state index in [1.54, 1.807) is 6.07 Å². The molecule has 1 N–H and O–H groups in total. The third-order valence-corrected chi connectivity index (χ3v) is 2.48. The Hall–Kier alpha value is -1.84. The maximum Gasteiger partial charge on any atom is 0.313 e. The van der Waals surface area contributed by atoms with Gasteiger partial charge in [0.1, 0.15) is 5.75 Å². The van der Waals surface area contributed by atoms with Crippen LogP contribution >= 0.6 is 0 Å². The normalized spacial score (nSPS) is 11.9. The van der Waals surface area contributed by atoms with Gasteiger partial charge in [0.2, 0.25) is 0 Å². The second-order valence-corrected chi connectivity index (χ2v) is 3.42. The Labute approximate surface area is 93.9 Å². The Kier molecular flexibility index (Phi) is 4.05. The second kappa shape index (κ2) is 5.30. The van der Waals surface area contributed by atoms with Gasteiger partial charge in [0.25, 0.3) is 0 Å². The first-order valence-electron chi connectivity index (χ1n) is 5.00. The summed E-state index contributed by atoms with van der Waals surface area (Å²) >= 11 is 0. The molecule has 4 heteroatoms. The molecule has 0 bridgehead atoms. The largest absolute Gasteiger partial charge is 0.507 e. The average molecular weight is 222 g/mol. The zero-order valence-electron chi connectivity index (χ0n) is 9.27. The van der Waals surface area contributed by atoms with Crippen LogP contribution in [0, 0.1) is 0 Å². The molecular weight excluding hydrogens is 208 g/mol. The molecule has 1 rings (SSSR count). The number of ether oxygens (including phenoxy) is 1. The molecule has 0 saturated carbocycles. The molecular formula is C12H14O4. The minimum absolute atomic E-state index is 0.116. The van der Waals surface area contributed by atoms with Gasteiger partial charge in [-0.25, -0.2) is 0 Å². The third kappa shape index (κ3) is 2.39. The molecule has 0 aliphatic rings. The zero-order valence-corrected chi connectivity index (χ0v) is 9.27. The van der Waals surface area contributed by atoms with E-state index >= 15 is 0 Å². The van der Waals surface area contributed by atoms with E-state index in [1.165, 1.54) is 19.2 Å². The lowest BCUT2D eigenvalue weighted by Crippen LogP contribution is -2.13. The van der Waals surface area contributed by atoms with Crippen LogP contribution in [-0.4, -0.2) is 24.5 Å². The molecule has 1 aromatic carbocycles. The number of benzene rings is 1. The Morgan fingerprint density at radius 3 is 2.69 bits per heavy atom. The van der Waals surface area contributed by atoms with Crippen molar-refractivity contribution in [2.24, 2.45) is 0 Å². The van der Waals surface area contributed by atoms with Crippen molar-refractivity contribution in [2.45, 2.75) is 19.3 Å². The van der Waals surface area contributed by atoms with Gasteiger partial charge in [0.15, 0.2) is 6.29 Å². The fourth-order valence-electron chi connectivity index (χ4n) is 1.56. The van der Waals surface area contributed by atoms with Crippen molar-refractivity contribution in [3.63, 3.8) is 0 Å². The van der Waals surface area contributed by atoms with Crippen LogP contribution in [0.25, 0.3) is 0 Å². The Morgan fingerprint density at radius 2 is 2.25 bits per heavy atom. The monoisotopic (exact) mass is 222 g/mol. The van der Waals surface area contributed by atoms with E-state index in [-0.39, 0.29) is 17.3 Å². The van der Waals surface area contributed by atoms with E-state index in [0.29, 0.717) is 18.3 Å². The molecule has 0 aromatic heterocycles. The Balaban J connectivity index is 3.07. The molecule has 0 amide bonds. The molecule has 16 heavy (non-hydrogen) atoms. The molecule has 0 aliphatic carbocycles. The molecule has 0 spiro atoms. The van der Waals surface area contributed by atoms with Crippen molar-refractivity contribution >= 4 is 12.3 Å². The minimum atomic E-state index is -0.406. The van der Waals surface area contributed by atoms with Crippen molar-refractivity contribution in [1.29, 1.82) is 0 Å². The molecule has 1 unspecified atom stereocenters. The van der Waals surface area contributed by atoms with Crippen LogP contribution < -0.4 is 0 Å². The minimum Gasteiger partial charge on any atom is -0.507 e. The maximum atomic E-state index is 11.4. The molecule has 0 fully saturated rings. The van der Waals surface area contributed by atoms with Gasteiger partial charge < -0.3 is 9.84 Å². The quantitative estimate of drug-likeness (QED) is 0.624. The lowest BCUT2D eigenvalue weighted by atomic mass is 9.95. The van der Waals surface area contributed by atoms with Crippen molar-refractivity contribution in [3.05, 3.63) is 29.3 Å². The molecule has 0 radical (unpaired) electrons. The second-order valence-electron chi connectivity index (χ2n) is 3.42. The highest BCUT2D eigenvalue weighted by Gasteiger charge is 2.20. The lowest BCUT2D eigenvalue weighted by molar-refractivity contribution is -0.142. The number of esters is 1. The fourth-order valence-corrected chi connectivity index (χ4v) is 1.56. The summed E-state index contributed by atoms with van der Waals surface area (Å²) in [5, 5.41) is 9.51. The predicted molar refractivity (Wildman–Crippen MR) is 58.5 cm³/mol. The smallest absolute Gasteiger partial charge is 0.313 e. The molecule has 0 heterocycles. The van der Waals surface area contributed by atoms with Crippen molar-refractivity contribution in [3.8, 4) is 5.75 Å². The number of aromatic hydroxyl groups is 1. The molecule has 1 atom stereocenters. The number of aldehydes is 1. The predicted octanol–water partition coefficient (Wildman–Crippen LogP) is 1.87. The standard InChI is InChI=1S/C12H14O4/c1-3-10(12(15)16-2)8-4-5-9(7-13)11(14)6-8/h4-7,10,14H,3H2,1-2H3. The van der Waals surface area contributed by atoms with E-state index in [1.807, 2.05) is 6.92 Å². The highest BCUT2D eigenvalue weighted by molar-refractivity contribution is 5.81. The number of methoxy groups -OCH3 is 1. The summed E-state index contributed by atoms with van der Waals surface area (Å²) in [6.07, 6.45) is 1.14. The van der Waals surface area contributed by atoms with Crippen LogP contribution in [0.4, 0.5) is 0 Å². The summed E-state index contributed by atoms with van der Waals surface area (Å²) in [6.45, 7) is 1.85. The SMILES string of the molecule is CCC(C(=O)OC)c1ccc(C=O)c(O)c1. The summed E-state index contributed by atoms with van der Waals surface area (Å²) in [5.41, 5.74) is 0.862. The summed E-state index contributed by atoms with van der Waals surface area (Å²) in [7, 11) is 1.32. The first kappa shape index (κ1) is 12.2. The molecule has 1 aromatic rings. The third-order valence-electron chi connectivity index (χ3n) is 2.48. The van der Waals surface area contributed by atoms with Crippen LogP contribution in [0.15, 0.2) is 18.2 Å². The Morgan fingerprint density at radius 1 is 1.56 bits per heavy atom. The van der Waals surface area contributed by atoms with Crippen LogP contribution in [-0.2, 0) is 9.53 Å². The van der Waals surface area contributed by atoms with Gasteiger partial charge in [-0.05, 0) is 24.1 Å². The van der Waals surface area contributed by atoms with Gasteiger partial charge in [-0.2, -0.15) is 0 Å². The highest BCUT2D eigenvalue weighted by atomic mass is 16.5. The van der Waals surface area contributed by atoms with Gasteiger partial charge in [-0.15, -0.1) is 0 Å². The van der Waals surface area contributed by atoms with Crippen molar-refractivity contribution < 1.29 is 19.4 Å². The molecule has 0 aliphatic heterocycles. The van der Waals surface area contributed by atoms with E-state index in [9.17, 15) is 14.7 Å². The van der Waals surface area contributed by atoms with E-state index in [0.717, 1.165) is 0 Å². The highest BCUT2D eigenvalue weighted by Crippen LogP contribution is 2.26.